The lowest BCUT2D eigenvalue weighted by Gasteiger charge is -2.48. The predicted molar refractivity (Wildman–Crippen MR) is 115 cm³/mol. The molecule has 1 aliphatic carbocycles. The number of nitrogens with one attached hydrogen (secondary N) is 2. The predicted octanol–water partition coefficient (Wildman–Crippen LogP) is 3.75. The Labute approximate surface area is 170 Å². The number of rotatable bonds is 6. The van der Waals surface area contributed by atoms with Crippen molar-refractivity contribution in [1.82, 2.24) is 20.7 Å². The van der Waals surface area contributed by atoms with E-state index in [0.29, 0.717) is 11.5 Å². The van der Waals surface area contributed by atoms with Crippen molar-refractivity contribution >= 4 is 5.96 Å². The average molecular weight is 390 g/mol. The lowest BCUT2D eigenvalue weighted by atomic mass is 9.79. The molecule has 2 fully saturated rings. The highest BCUT2D eigenvalue weighted by molar-refractivity contribution is 5.79. The van der Waals surface area contributed by atoms with Gasteiger partial charge in [0.15, 0.2) is 5.96 Å². The van der Waals surface area contributed by atoms with Gasteiger partial charge in [-0.15, -0.1) is 0 Å². The monoisotopic (exact) mass is 389 g/mol. The maximum Gasteiger partial charge on any atom is 0.191 e. The number of piperidine rings is 1. The number of aromatic nitrogens is 1. The quantitative estimate of drug-likeness (QED) is 0.573. The van der Waals surface area contributed by atoms with E-state index in [1.807, 2.05) is 20.9 Å². The van der Waals surface area contributed by atoms with Crippen LogP contribution in [-0.2, 0) is 0 Å². The first-order valence-corrected chi connectivity index (χ1v) is 11.2. The molecule has 28 heavy (non-hydrogen) atoms. The molecule has 0 bridgehead atoms. The number of nitrogens with zero attached hydrogens (tertiary/aromatic N) is 3. The number of hydrogen-bond donors (Lipinski definition) is 2. The molecular weight excluding hydrogens is 350 g/mol. The van der Waals surface area contributed by atoms with Crippen LogP contribution in [0.3, 0.4) is 0 Å². The van der Waals surface area contributed by atoms with Gasteiger partial charge in [-0.25, -0.2) is 0 Å². The van der Waals surface area contributed by atoms with Crippen LogP contribution in [0.4, 0.5) is 0 Å². The molecule has 1 saturated heterocycles. The fourth-order valence-corrected chi connectivity index (χ4v) is 5.20. The van der Waals surface area contributed by atoms with Gasteiger partial charge < -0.3 is 15.2 Å². The van der Waals surface area contributed by atoms with Gasteiger partial charge in [0.1, 0.15) is 5.76 Å². The Morgan fingerprint density at radius 3 is 2.39 bits per heavy atom. The third kappa shape index (κ3) is 4.88. The summed E-state index contributed by atoms with van der Waals surface area (Å²) in [5.74, 6) is 2.15. The average Bonchev–Trinajstić information content (AvgIpc) is 3.07. The molecule has 0 spiro atoms. The first-order valence-electron chi connectivity index (χ1n) is 11.2. The van der Waals surface area contributed by atoms with Gasteiger partial charge in [-0.3, -0.25) is 9.89 Å². The largest absolute Gasteiger partial charge is 0.361 e. The second-order valence-corrected chi connectivity index (χ2v) is 8.78. The molecule has 1 unspecified atom stereocenters. The van der Waals surface area contributed by atoms with Crippen molar-refractivity contribution in [3.05, 3.63) is 17.0 Å². The van der Waals surface area contributed by atoms with Crippen LogP contribution in [0.1, 0.15) is 81.2 Å². The van der Waals surface area contributed by atoms with Gasteiger partial charge in [0, 0.05) is 37.2 Å². The topological polar surface area (TPSA) is 65.7 Å². The van der Waals surface area contributed by atoms with Gasteiger partial charge in [0.25, 0.3) is 0 Å². The second-order valence-electron chi connectivity index (χ2n) is 8.78. The van der Waals surface area contributed by atoms with Crippen molar-refractivity contribution in [2.75, 3.05) is 33.2 Å². The van der Waals surface area contributed by atoms with E-state index in [4.69, 9.17) is 4.52 Å². The molecule has 1 aromatic rings. The van der Waals surface area contributed by atoms with Crippen LogP contribution in [0.2, 0.25) is 0 Å². The van der Waals surface area contributed by atoms with Gasteiger partial charge >= 0.3 is 0 Å². The fraction of sp³-hybridized carbons (Fsp3) is 0.818. The Balaban J connectivity index is 1.57. The molecule has 2 aliphatic rings. The van der Waals surface area contributed by atoms with Gasteiger partial charge in [-0.05, 0) is 52.6 Å². The molecule has 1 aromatic heterocycles. The lowest BCUT2D eigenvalue weighted by Crippen LogP contribution is -2.59. The molecule has 6 nitrogen and oxygen atoms in total. The van der Waals surface area contributed by atoms with E-state index in [9.17, 15) is 0 Å². The molecule has 0 amide bonds. The van der Waals surface area contributed by atoms with Gasteiger partial charge in [0.05, 0.1) is 5.69 Å². The minimum atomic E-state index is 0.309. The van der Waals surface area contributed by atoms with E-state index in [0.717, 1.165) is 30.5 Å². The first kappa shape index (κ1) is 21.2. The first-order chi connectivity index (χ1) is 13.6. The summed E-state index contributed by atoms with van der Waals surface area (Å²) >= 11 is 0. The summed E-state index contributed by atoms with van der Waals surface area (Å²) in [6.45, 7) is 10.5. The summed E-state index contributed by atoms with van der Waals surface area (Å²) in [6, 6.07) is 0. The molecule has 3 rings (SSSR count). The standard InChI is InChI=1S/C22H39N5O/c1-17(20-18(2)26-28-19(20)3)15-24-21(23-4)25-16-22(11-7-5-8-12-22)27-13-9-6-10-14-27/h17H,5-16H2,1-4H3,(H2,23,24,25). The van der Waals surface area contributed by atoms with Gasteiger partial charge in [-0.1, -0.05) is 37.8 Å². The van der Waals surface area contributed by atoms with Crippen LogP contribution in [0.25, 0.3) is 0 Å². The summed E-state index contributed by atoms with van der Waals surface area (Å²) in [6.07, 6.45) is 10.8. The zero-order valence-electron chi connectivity index (χ0n) is 18.3. The molecule has 6 heteroatoms. The number of likely N-dealkylation sites (tertiary alicyclic amines) is 1. The Morgan fingerprint density at radius 2 is 1.79 bits per heavy atom. The smallest absolute Gasteiger partial charge is 0.191 e. The number of hydrogen-bond acceptors (Lipinski definition) is 4. The van der Waals surface area contributed by atoms with Crippen LogP contribution in [0.15, 0.2) is 9.52 Å². The van der Waals surface area contributed by atoms with Crippen LogP contribution < -0.4 is 10.6 Å². The molecule has 158 valence electrons. The zero-order chi connectivity index (χ0) is 20.0. The summed E-state index contributed by atoms with van der Waals surface area (Å²) < 4.78 is 5.33. The highest BCUT2D eigenvalue weighted by Gasteiger charge is 2.38. The van der Waals surface area contributed by atoms with Crippen LogP contribution in [0.5, 0.6) is 0 Å². The Hall–Kier alpha value is -1.56. The van der Waals surface area contributed by atoms with Gasteiger partial charge in [-0.2, -0.15) is 0 Å². The van der Waals surface area contributed by atoms with E-state index in [1.54, 1.807) is 0 Å². The Bertz CT molecular complexity index is 622. The van der Waals surface area contributed by atoms with Gasteiger partial charge in [0.2, 0.25) is 0 Å². The van der Waals surface area contributed by atoms with Crippen LogP contribution >= 0.6 is 0 Å². The summed E-state index contributed by atoms with van der Waals surface area (Å²) in [4.78, 5) is 7.26. The fourth-order valence-electron chi connectivity index (χ4n) is 5.20. The van der Waals surface area contributed by atoms with Crippen molar-refractivity contribution in [2.45, 2.75) is 83.6 Å². The summed E-state index contributed by atoms with van der Waals surface area (Å²) in [7, 11) is 1.87. The van der Waals surface area contributed by atoms with Crippen molar-refractivity contribution in [3.8, 4) is 0 Å². The Kier molecular flexibility index (Phi) is 7.38. The molecule has 0 aromatic carbocycles. The molecule has 2 N–H and O–H groups in total. The zero-order valence-corrected chi connectivity index (χ0v) is 18.3. The third-order valence-electron chi connectivity index (χ3n) is 6.78. The SMILES string of the molecule is CN=C(NCC(C)c1c(C)noc1C)NCC1(N2CCCCC2)CCCCC1. The van der Waals surface area contributed by atoms with E-state index in [-0.39, 0.29) is 0 Å². The molecule has 1 saturated carbocycles. The second kappa shape index (κ2) is 9.77. The summed E-state index contributed by atoms with van der Waals surface area (Å²) in [5, 5.41) is 11.3. The molecular formula is C22H39N5O. The number of aryl methyl sites for hydroxylation is 2. The van der Waals surface area contributed by atoms with E-state index in [1.165, 1.54) is 70.0 Å². The number of guanidine groups is 1. The lowest BCUT2D eigenvalue weighted by molar-refractivity contribution is 0.0368. The minimum Gasteiger partial charge on any atom is -0.361 e. The highest BCUT2D eigenvalue weighted by Crippen LogP contribution is 2.35. The van der Waals surface area contributed by atoms with Crippen molar-refractivity contribution < 1.29 is 4.52 Å². The molecule has 0 radical (unpaired) electrons. The van der Waals surface area contributed by atoms with E-state index < -0.39 is 0 Å². The molecule has 1 atom stereocenters. The molecule has 1 aliphatic heterocycles. The molecule has 2 heterocycles. The Morgan fingerprint density at radius 1 is 1.11 bits per heavy atom. The maximum atomic E-state index is 5.33. The highest BCUT2D eigenvalue weighted by atomic mass is 16.5. The van der Waals surface area contributed by atoms with E-state index in [2.05, 4.69) is 32.6 Å². The minimum absolute atomic E-state index is 0.309. The van der Waals surface area contributed by atoms with E-state index >= 15 is 0 Å². The van der Waals surface area contributed by atoms with Crippen molar-refractivity contribution in [1.29, 1.82) is 0 Å². The number of aliphatic imine (C=N–C) groups is 1. The van der Waals surface area contributed by atoms with Crippen molar-refractivity contribution in [3.63, 3.8) is 0 Å². The van der Waals surface area contributed by atoms with Crippen LogP contribution in [0, 0.1) is 13.8 Å². The normalized spacial score (nSPS) is 22.1. The van der Waals surface area contributed by atoms with Crippen LogP contribution in [-0.4, -0.2) is 54.8 Å². The third-order valence-corrected chi connectivity index (χ3v) is 6.78. The maximum absolute atomic E-state index is 5.33. The summed E-state index contributed by atoms with van der Waals surface area (Å²) in [5.41, 5.74) is 2.50. The van der Waals surface area contributed by atoms with Crippen molar-refractivity contribution in [2.24, 2.45) is 4.99 Å².